The zero-order chi connectivity index (χ0) is 22.0. The molecule has 1 saturated heterocycles. The van der Waals surface area contributed by atoms with Gasteiger partial charge < -0.3 is 10.2 Å². The van der Waals surface area contributed by atoms with Crippen LogP contribution in [0.15, 0.2) is 35.1 Å². The maximum absolute atomic E-state index is 12.9. The van der Waals surface area contributed by atoms with Crippen molar-refractivity contribution >= 4 is 32.7 Å². The smallest absolute Gasteiger partial charge is 0.280 e. The van der Waals surface area contributed by atoms with Crippen molar-refractivity contribution in [2.24, 2.45) is 7.05 Å². The standard InChI is InChI=1S/C22H28N6O2S/c1-4-26(2)14-17-24-20-18(21(30)27(17)3)25-22(31-20)28-12-8-11-16(28)19(29)23-13-15-9-6-5-7-10-15/h5-7,9-10,16H,4,8,11-14H2,1-3H3,(H,23,29)/t16-/m1/s1. The average molecular weight is 441 g/mol. The van der Waals surface area contributed by atoms with Gasteiger partial charge in [-0.15, -0.1) is 0 Å². The minimum absolute atomic E-state index is 0.00766. The van der Waals surface area contributed by atoms with Gasteiger partial charge >= 0.3 is 0 Å². The van der Waals surface area contributed by atoms with E-state index < -0.39 is 0 Å². The first-order valence-electron chi connectivity index (χ1n) is 10.6. The summed E-state index contributed by atoms with van der Waals surface area (Å²) in [5.41, 5.74) is 1.30. The van der Waals surface area contributed by atoms with E-state index in [1.165, 1.54) is 11.3 Å². The zero-order valence-corrected chi connectivity index (χ0v) is 19.0. The topological polar surface area (TPSA) is 83.4 Å². The lowest BCUT2D eigenvalue weighted by molar-refractivity contribution is -0.122. The van der Waals surface area contributed by atoms with Crippen LogP contribution in [0.1, 0.15) is 31.2 Å². The van der Waals surface area contributed by atoms with Crippen LogP contribution in [0.25, 0.3) is 10.3 Å². The maximum atomic E-state index is 12.9. The van der Waals surface area contributed by atoms with Gasteiger partial charge in [0.15, 0.2) is 15.5 Å². The van der Waals surface area contributed by atoms with Gasteiger partial charge in [0, 0.05) is 20.1 Å². The number of hydrogen-bond acceptors (Lipinski definition) is 7. The third-order valence-electron chi connectivity index (χ3n) is 5.78. The molecular formula is C22H28N6O2S. The fourth-order valence-corrected chi connectivity index (χ4v) is 4.80. The van der Waals surface area contributed by atoms with Crippen molar-refractivity contribution in [1.82, 2.24) is 24.8 Å². The lowest BCUT2D eigenvalue weighted by Crippen LogP contribution is -2.43. The number of amides is 1. The van der Waals surface area contributed by atoms with Gasteiger partial charge in [-0.05, 0) is 32.0 Å². The van der Waals surface area contributed by atoms with E-state index in [0.29, 0.717) is 28.6 Å². The van der Waals surface area contributed by atoms with Crippen molar-refractivity contribution < 1.29 is 4.79 Å². The Morgan fingerprint density at radius 2 is 2.06 bits per heavy atom. The molecule has 3 aromatic rings. The van der Waals surface area contributed by atoms with E-state index in [1.807, 2.05) is 42.3 Å². The average Bonchev–Trinajstić information content (AvgIpc) is 3.43. The monoisotopic (exact) mass is 440 g/mol. The minimum Gasteiger partial charge on any atom is -0.350 e. The number of benzene rings is 1. The van der Waals surface area contributed by atoms with Gasteiger partial charge in [-0.1, -0.05) is 48.6 Å². The summed E-state index contributed by atoms with van der Waals surface area (Å²) in [5, 5.41) is 3.73. The van der Waals surface area contributed by atoms with Crippen molar-refractivity contribution in [3.63, 3.8) is 0 Å². The van der Waals surface area contributed by atoms with Crippen LogP contribution < -0.4 is 15.8 Å². The largest absolute Gasteiger partial charge is 0.350 e. The molecule has 1 amide bonds. The highest BCUT2D eigenvalue weighted by Gasteiger charge is 2.33. The summed E-state index contributed by atoms with van der Waals surface area (Å²) < 4.78 is 1.58. The molecule has 1 fully saturated rings. The van der Waals surface area contributed by atoms with Crippen LogP contribution in [0, 0.1) is 0 Å². The van der Waals surface area contributed by atoms with Gasteiger partial charge in [-0.25, -0.2) is 9.97 Å². The number of fused-ring (bicyclic) bond motifs is 1. The van der Waals surface area contributed by atoms with E-state index in [4.69, 9.17) is 4.98 Å². The second kappa shape index (κ2) is 9.15. The number of aromatic nitrogens is 3. The van der Waals surface area contributed by atoms with E-state index in [-0.39, 0.29) is 17.5 Å². The fraction of sp³-hybridized carbons (Fsp3) is 0.455. The molecule has 164 valence electrons. The summed E-state index contributed by atoms with van der Waals surface area (Å²) in [7, 11) is 3.74. The molecular weight excluding hydrogens is 412 g/mol. The highest BCUT2D eigenvalue weighted by molar-refractivity contribution is 7.21. The highest BCUT2D eigenvalue weighted by Crippen LogP contribution is 2.31. The first-order valence-corrected chi connectivity index (χ1v) is 11.4. The Labute approximate surface area is 185 Å². The fourth-order valence-electron chi connectivity index (χ4n) is 3.77. The molecule has 3 heterocycles. The maximum Gasteiger partial charge on any atom is 0.280 e. The first kappa shape index (κ1) is 21.5. The molecule has 0 bridgehead atoms. The SMILES string of the molecule is CCN(C)Cc1nc2sc(N3CCC[C@@H]3C(=O)NCc3ccccc3)nc2c(=O)n1C. The van der Waals surface area contributed by atoms with E-state index in [9.17, 15) is 9.59 Å². The molecule has 1 atom stereocenters. The van der Waals surface area contributed by atoms with Crippen LogP contribution in [0.4, 0.5) is 5.13 Å². The quantitative estimate of drug-likeness (QED) is 0.606. The Bertz CT molecular complexity index is 1130. The molecule has 1 aliphatic heterocycles. The second-order valence-electron chi connectivity index (χ2n) is 7.93. The number of rotatable bonds is 7. The van der Waals surface area contributed by atoms with Crippen molar-refractivity contribution in [3.8, 4) is 0 Å². The van der Waals surface area contributed by atoms with Crippen LogP contribution >= 0.6 is 11.3 Å². The predicted octanol–water partition coefficient (Wildman–Crippen LogP) is 2.13. The third-order valence-corrected chi connectivity index (χ3v) is 6.77. The number of nitrogens with zero attached hydrogens (tertiary/aromatic N) is 5. The van der Waals surface area contributed by atoms with Crippen LogP contribution in [-0.2, 0) is 24.9 Å². The number of nitrogens with one attached hydrogen (secondary N) is 1. The van der Waals surface area contributed by atoms with Gasteiger partial charge in [-0.2, -0.15) is 0 Å². The molecule has 9 heteroatoms. The molecule has 1 aromatic carbocycles. The molecule has 2 aromatic heterocycles. The molecule has 31 heavy (non-hydrogen) atoms. The molecule has 0 aliphatic carbocycles. The zero-order valence-electron chi connectivity index (χ0n) is 18.2. The van der Waals surface area contributed by atoms with E-state index in [0.717, 1.165) is 37.3 Å². The number of hydrogen-bond donors (Lipinski definition) is 1. The van der Waals surface area contributed by atoms with Gasteiger partial charge in [0.2, 0.25) is 5.91 Å². The number of carbonyl (C=O) groups excluding carboxylic acids is 1. The van der Waals surface area contributed by atoms with Crippen molar-refractivity contribution in [2.45, 2.75) is 38.9 Å². The Kier molecular flexibility index (Phi) is 6.33. The molecule has 1 aliphatic rings. The second-order valence-corrected chi connectivity index (χ2v) is 8.88. The predicted molar refractivity (Wildman–Crippen MR) is 123 cm³/mol. The molecule has 0 unspecified atom stereocenters. The summed E-state index contributed by atoms with van der Waals surface area (Å²) in [6.07, 6.45) is 1.69. The molecule has 0 saturated carbocycles. The van der Waals surface area contributed by atoms with E-state index in [1.54, 1.807) is 11.6 Å². The lowest BCUT2D eigenvalue weighted by Gasteiger charge is -2.23. The number of anilines is 1. The molecule has 8 nitrogen and oxygen atoms in total. The van der Waals surface area contributed by atoms with Gasteiger partial charge in [0.25, 0.3) is 5.56 Å². The van der Waals surface area contributed by atoms with Crippen LogP contribution in [0.5, 0.6) is 0 Å². The van der Waals surface area contributed by atoms with Gasteiger partial charge in [-0.3, -0.25) is 19.1 Å². The summed E-state index contributed by atoms with van der Waals surface area (Å²) in [5.74, 6) is 0.711. The Morgan fingerprint density at radius 1 is 1.29 bits per heavy atom. The molecule has 4 rings (SSSR count). The summed E-state index contributed by atoms with van der Waals surface area (Å²) in [6, 6.07) is 9.60. The third kappa shape index (κ3) is 4.47. The number of carbonyl (C=O) groups is 1. The van der Waals surface area contributed by atoms with Crippen LogP contribution in [0.2, 0.25) is 0 Å². The van der Waals surface area contributed by atoms with Crippen LogP contribution in [-0.4, -0.2) is 51.5 Å². The molecule has 0 radical (unpaired) electrons. The Balaban J connectivity index is 1.56. The highest BCUT2D eigenvalue weighted by atomic mass is 32.1. The summed E-state index contributed by atoms with van der Waals surface area (Å²) in [4.78, 5) is 39.8. The molecule has 1 N–H and O–H groups in total. The number of thiazole rings is 1. The molecule has 0 spiro atoms. The first-order chi connectivity index (χ1) is 15.0. The normalized spacial score (nSPS) is 16.4. The Morgan fingerprint density at radius 3 is 2.81 bits per heavy atom. The summed E-state index contributed by atoms with van der Waals surface area (Å²) >= 11 is 1.39. The van der Waals surface area contributed by atoms with Gasteiger partial charge in [0.05, 0.1) is 6.54 Å². The summed E-state index contributed by atoms with van der Waals surface area (Å²) in [6.45, 7) is 4.78. The van der Waals surface area contributed by atoms with Crippen molar-refractivity contribution in [3.05, 3.63) is 52.1 Å². The Hall–Kier alpha value is -2.78. The van der Waals surface area contributed by atoms with Crippen LogP contribution in [0.3, 0.4) is 0 Å². The van der Waals surface area contributed by atoms with E-state index >= 15 is 0 Å². The lowest BCUT2D eigenvalue weighted by atomic mass is 10.2. The van der Waals surface area contributed by atoms with Gasteiger partial charge in [0.1, 0.15) is 11.9 Å². The minimum atomic E-state index is -0.279. The van der Waals surface area contributed by atoms with E-state index in [2.05, 4.69) is 22.1 Å². The van der Waals surface area contributed by atoms with Crippen molar-refractivity contribution in [2.75, 3.05) is 25.0 Å². The van der Waals surface area contributed by atoms with Crippen molar-refractivity contribution in [1.29, 1.82) is 0 Å².